The quantitative estimate of drug-likeness (QED) is 0.311. The summed E-state index contributed by atoms with van der Waals surface area (Å²) in [5.74, 6) is 1.55. The molecule has 0 radical (unpaired) electrons. The lowest BCUT2D eigenvalue weighted by Crippen LogP contribution is -2.20. The van der Waals surface area contributed by atoms with Crippen LogP contribution in [-0.4, -0.2) is 21.0 Å². The summed E-state index contributed by atoms with van der Waals surface area (Å²) < 4.78 is 0. The first kappa shape index (κ1) is 23.7. The molecule has 0 aliphatic heterocycles. The molecule has 0 atom stereocenters. The van der Waals surface area contributed by atoms with Crippen LogP contribution in [0.4, 0.5) is 5.82 Å². The van der Waals surface area contributed by atoms with Crippen LogP contribution >= 0.6 is 0 Å². The summed E-state index contributed by atoms with van der Waals surface area (Å²) in [6, 6.07) is 19.9. The smallest absolute Gasteiger partial charge is 0.229 e. The van der Waals surface area contributed by atoms with Gasteiger partial charge in [0.2, 0.25) is 5.91 Å². The molecule has 5 nitrogen and oxygen atoms in total. The van der Waals surface area contributed by atoms with Gasteiger partial charge in [0.25, 0.3) is 0 Å². The number of benzene rings is 3. The molecule has 4 aromatic rings. The van der Waals surface area contributed by atoms with E-state index in [2.05, 4.69) is 29.6 Å². The number of amides is 1. The number of aromatic hydroxyl groups is 1. The van der Waals surface area contributed by atoms with Crippen molar-refractivity contribution < 1.29 is 9.90 Å². The Labute approximate surface area is 218 Å². The molecule has 1 heterocycles. The topological polar surface area (TPSA) is 75.1 Å². The number of nitrogens with zero attached hydrogens (tertiary/aromatic N) is 2. The van der Waals surface area contributed by atoms with Crippen molar-refractivity contribution in [3.8, 4) is 17.0 Å². The number of phenols is 1. The van der Waals surface area contributed by atoms with Crippen molar-refractivity contribution in [2.24, 2.45) is 5.92 Å². The van der Waals surface area contributed by atoms with E-state index in [0.29, 0.717) is 12.2 Å². The van der Waals surface area contributed by atoms with E-state index in [0.717, 1.165) is 70.8 Å². The van der Waals surface area contributed by atoms with Crippen LogP contribution in [-0.2, 0) is 30.5 Å². The highest BCUT2D eigenvalue weighted by atomic mass is 16.3. The van der Waals surface area contributed by atoms with E-state index in [4.69, 9.17) is 9.97 Å². The van der Waals surface area contributed by atoms with Crippen molar-refractivity contribution in [1.29, 1.82) is 0 Å². The molecular weight excluding hydrogens is 458 g/mol. The Morgan fingerprint density at radius 3 is 2.62 bits per heavy atom. The first-order valence-electron chi connectivity index (χ1n) is 13.6. The number of nitrogens with one attached hydrogen (secondary N) is 1. The lowest BCUT2D eigenvalue weighted by atomic mass is 9.85. The van der Waals surface area contributed by atoms with Gasteiger partial charge in [0.15, 0.2) is 5.82 Å². The number of rotatable bonds is 6. The van der Waals surface area contributed by atoms with Gasteiger partial charge in [0.05, 0.1) is 23.5 Å². The number of hydrogen-bond acceptors (Lipinski definition) is 4. The third-order valence-electron chi connectivity index (χ3n) is 7.97. The van der Waals surface area contributed by atoms with Gasteiger partial charge in [0, 0.05) is 5.56 Å². The van der Waals surface area contributed by atoms with Gasteiger partial charge >= 0.3 is 0 Å². The van der Waals surface area contributed by atoms with Gasteiger partial charge in [-0.3, -0.25) is 4.79 Å². The van der Waals surface area contributed by atoms with Crippen molar-refractivity contribution in [2.45, 2.75) is 64.2 Å². The molecule has 1 amide bonds. The molecule has 1 saturated carbocycles. The Morgan fingerprint density at radius 1 is 0.919 bits per heavy atom. The zero-order valence-corrected chi connectivity index (χ0v) is 21.2. The second kappa shape index (κ2) is 10.3. The summed E-state index contributed by atoms with van der Waals surface area (Å²) in [6.45, 7) is 0. The summed E-state index contributed by atoms with van der Waals surface area (Å²) in [5, 5.41) is 15.4. The van der Waals surface area contributed by atoms with Crippen molar-refractivity contribution in [1.82, 2.24) is 9.97 Å². The van der Waals surface area contributed by atoms with E-state index in [-0.39, 0.29) is 11.7 Å². The molecule has 0 saturated heterocycles. The number of aromatic nitrogens is 2. The zero-order chi connectivity index (χ0) is 25.2. The average Bonchev–Trinajstić information content (AvgIpc) is 2.92. The lowest BCUT2D eigenvalue weighted by Gasteiger charge is -2.23. The lowest BCUT2D eigenvalue weighted by molar-refractivity contribution is -0.115. The van der Waals surface area contributed by atoms with Gasteiger partial charge < -0.3 is 10.4 Å². The third kappa shape index (κ3) is 5.22. The van der Waals surface area contributed by atoms with E-state index in [1.807, 2.05) is 30.3 Å². The zero-order valence-electron chi connectivity index (χ0n) is 21.2. The van der Waals surface area contributed by atoms with E-state index >= 15 is 0 Å². The SMILES string of the molecule is O=C(Cc1ccc2ccccc2c1)Nc1nc2c(nc1CCC1CCCCC1)-c1ccc(O)cc1CC2. The predicted octanol–water partition coefficient (Wildman–Crippen LogP) is 6.80. The molecule has 2 aliphatic rings. The molecular formula is C32H33N3O2. The van der Waals surface area contributed by atoms with Crippen LogP contribution in [0.25, 0.3) is 22.0 Å². The van der Waals surface area contributed by atoms with Crippen LogP contribution in [0.1, 0.15) is 61.0 Å². The highest BCUT2D eigenvalue weighted by Gasteiger charge is 2.24. The summed E-state index contributed by atoms with van der Waals surface area (Å²) in [6.07, 6.45) is 10.3. The average molecular weight is 492 g/mol. The first-order chi connectivity index (χ1) is 18.1. The van der Waals surface area contributed by atoms with Crippen LogP contribution in [0.3, 0.4) is 0 Å². The minimum absolute atomic E-state index is 0.0652. The summed E-state index contributed by atoms with van der Waals surface area (Å²) in [4.78, 5) is 23.3. The summed E-state index contributed by atoms with van der Waals surface area (Å²) in [5.41, 5.74) is 5.82. The van der Waals surface area contributed by atoms with E-state index < -0.39 is 0 Å². The standard InChI is InChI=1S/C32H33N3O2/c36-26-14-15-27-25(20-26)13-17-28-31(27)33-29(16-11-21-6-2-1-3-7-21)32(34-28)35-30(37)19-22-10-12-23-8-4-5-9-24(23)18-22/h4-5,8-10,12,14-15,18,20-21,36H,1-3,6-7,11,13,16-17,19H2,(H,34,35,37). The predicted molar refractivity (Wildman–Crippen MR) is 148 cm³/mol. The Morgan fingerprint density at radius 2 is 1.76 bits per heavy atom. The molecule has 0 spiro atoms. The molecule has 2 aliphatic carbocycles. The Balaban J connectivity index is 1.27. The minimum atomic E-state index is -0.0652. The highest BCUT2D eigenvalue weighted by Crippen LogP contribution is 2.35. The monoisotopic (exact) mass is 491 g/mol. The molecule has 37 heavy (non-hydrogen) atoms. The highest BCUT2D eigenvalue weighted by molar-refractivity contribution is 5.93. The van der Waals surface area contributed by atoms with Crippen LogP contribution in [0.5, 0.6) is 5.75 Å². The molecule has 5 heteroatoms. The number of fused-ring (bicyclic) bond motifs is 4. The Hall–Kier alpha value is -3.73. The molecule has 188 valence electrons. The summed E-state index contributed by atoms with van der Waals surface area (Å²) in [7, 11) is 0. The van der Waals surface area contributed by atoms with Gasteiger partial charge in [-0.15, -0.1) is 0 Å². The van der Waals surface area contributed by atoms with E-state index in [9.17, 15) is 9.90 Å². The molecule has 0 bridgehead atoms. The molecule has 6 rings (SSSR count). The fourth-order valence-corrected chi connectivity index (χ4v) is 5.97. The van der Waals surface area contributed by atoms with Crippen LogP contribution in [0.15, 0.2) is 60.7 Å². The van der Waals surface area contributed by atoms with Crippen molar-refractivity contribution in [2.75, 3.05) is 5.32 Å². The largest absolute Gasteiger partial charge is 0.508 e. The molecule has 1 aromatic heterocycles. The number of aryl methyl sites for hydroxylation is 3. The maximum Gasteiger partial charge on any atom is 0.229 e. The van der Waals surface area contributed by atoms with E-state index in [1.54, 1.807) is 6.07 Å². The van der Waals surface area contributed by atoms with Gasteiger partial charge in [-0.25, -0.2) is 9.97 Å². The van der Waals surface area contributed by atoms with Crippen molar-refractivity contribution >= 4 is 22.5 Å². The Kier molecular flexibility index (Phi) is 6.60. The minimum Gasteiger partial charge on any atom is -0.508 e. The first-order valence-corrected chi connectivity index (χ1v) is 13.6. The molecule has 3 aromatic carbocycles. The maximum atomic E-state index is 13.2. The number of carbonyl (C=O) groups excluding carboxylic acids is 1. The third-order valence-corrected chi connectivity index (χ3v) is 7.97. The van der Waals surface area contributed by atoms with Gasteiger partial charge in [0.1, 0.15) is 5.75 Å². The van der Waals surface area contributed by atoms with Gasteiger partial charge in [-0.1, -0.05) is 74.6 Å². The molecule has 1 fully saturated rings. The van der Waals surface area contributed by atoms with Crippen LogP contribution in [0, 0.1) is 5.92 Å². The van der Waals surface area contributed by atoms with Crippen LogP contribution < -0.4 is 5.32 Å². The normalized spacial score (nSPS) is 15.2. The number of carbonyl (C=O) groups is 1. The number of hydrogen-bond donors (Lipinski definition) is 2. The fraction of sp³-hybridized carbons (Fsp3) is 0.344. The second-order valence-corrected chi connectivity index (χ2v) is 10.6. The van der Waals surface area contributed by atoms with Gasteiger partial charge in [-0.05, 0) is 71.7 Å². The molecule has 2 N–H and O–H groups in total. The van der Waals surface area contributed by atoms with E-state index in [1.165, 1.54) is 37.5 Å². The second-order valence-electron chi connectivity index (χ2n) is 10.6. The van der Waals surface area contributed by atoms with Crippen molar-refractivity contribution in [3.63, 3.8) is 0 Å². The van der Waals surface area contributed by atoms with Gasteiger partial charge in [-0.2, -0.15) is 0 Å². The number of anilines is 1. The number of phenolic OH excluding ortho intramolecular Hbond substituents is 1. The molecule has 0 unspecified atom stereocenters. The fourth-order valence-electron chi connectivity index (χ4n) is 5.97. The van der Waals surface area contributed by atoms with Crippen molar-refractivity contribution in [3.05, 3.63) is 83.2 Å². The maximum absolute atomic E-state index is 13.2. The Bertz CT molecular complexity index is 1460. The summed E-state index contributed by atoms with van der Waals surface area (Å²) >= 11 is 0. The van der Waals surface area contributed by atoms with Crippen LogP contribution in [0.2, 0.25) is 0 Å².